The van der Waals surface area contributed by atoms with Crippen LogP contribution in [0.1, 0.15) is 24.3 Å². The van der Waals surface area contributed by atoms with Gasteiger partial charge in [-0.25, -0.2) is 13.1 Å². The molecule has 5 nitrogen and oxygen atoms in total. The number of nitrogens with zero attached hydrogens (tertiary/aromatic N) is 1. The summed E-state index contributed by atoms with van der Waals surface area (Å²) in [6.07, 6.45) is 3.29. The van der Waals surface area contributed by atoms with Gasteiger partial charge in [0.2, 0.25) is 10.0 Å². The van der Waals surface area contributed by atoms with E-state index in [9.17, 15) is 8.42 Å². The molecule has 0 bridgehead atoms. The largest absolute Gasteiger partial charge is 0.310 e. The van der Waals surface area contributed by atoms with Crippen LogP contribution in [0.5, 0.6) is 0 Å². The van der Waals surface area contributed by atoms with E-state index in [1.165, 1.54) is 11.3 Å². The SMILES string of the molecule is CC(C)NCc1cc(S(=O)(=O)NCc2ccncc2)cs1. The van der Waals surface area contributed by atoms with E-state index in [0.717, 1.165) is 10.4 Å². The second-order valence-electron chi connectivity index (χ2n) is 4.96. The average Bonchev–Trinajstić information content (AvgIpc) is 2.94. The van der Waals surface area contributed by atoms with Gasteiger partial charge in [-0.1, -0.05) is 13.8 Å². The highest BCUT2D eigenvalue weighted by Crippen LogP contribution is 2.19. The van der Waals surface area contributed by atoms with Gasteiger partial charge in [0.25, 0.3) is 0 Å². The minimum atomic E-state index is -3.46. The molecule has 0 amide bonds. The summed E-state index contributed by atoms with van der Waals surface area (Å²) in [5.41, 5.74) is 0.880. The number of sulfonamides is 1. The Labute approximate surface area is 129 Å². The van der Waals surface area contributed by atoms with Crippen molar-refractivity contribution in [3.8, 4) is 0 Å². The summed E-state index contributed by atoms with van der Waals surface area (Å²) in [6, 6.07) is 5.66. The first-order valence-corrected chi connectivity index (χ1v) is 9.03. The van der Waals surface area contributed by atoms with Crippen LogP contribution in [0, 0.1) is 0 Å². The molecule has 7 heteroatoms. The summed E-state index contributed by atoms with van der Waals surface area (Å²) in [5, 5.41) is 4.95. The van der Waals surface area contributed by atoms with Crippen molar-refractivity contribution in [1.82, 2.24) is 15.0 Å². The van der Waals surface area contributed by atoms with E-state index in [1.807, 2.05) is 0 Å². The van der Waals surface area contributed by atoms with Crippen molar-refractivity contribution in [1.29, 1.82) is 0 Å². The quantitative estimate of drug-likeness (QED) is 0.818. The molecule has 2 heterocycles. The molecule has 2 aromatic heterocycles. The third-order valence-electron chi connectivity index (χ3n) is 2.84. The van der Waals surface area contributed by atoms with Crippen LogP contribution < -0.4 is 10.0 Å². The minimum Gasteiger partial charge on any atom is -0.310 e. The number of thiophene rings is 1. The third kappa shape index (κ3) is 4.89. The van der Waals surface area contributed by atoms with Gasteiger partial charge in [-0.2, -0.15) is 0 Å². The third-order valence-corrected chi connectivity index (χ3v) is 5.31. The molecule has 2 rings (SSSR count). The smallest absolute Gasteiger partial charge is 0.241 e. The van der Waals surface area contributed by atoms with Gasteiger partial charge in [0.05, 0.1) is 4.90 Å². The predicted molar refractivity (Wildman–Crippen MR) is 84.6 cm³/mol. The second-order valence-corrected chi connectivity index (χ2v) is 7.73. The number of rotatable bonds is 7. The van der Waals surface area contributed by atoms with Crippen LogP contribution in [-0.4, -0.2) is 19.4 Å². The molecule has 0 aliphatic heterocycles. The summed E-state index contributed by atoms with van der Waals surface area (Å²) in [4.78, 5) is 5.23. The van der Waals surface area contributed by atoms with E-state index in [-0.39, 0.29) is 6.54 Å². The Kier molecular flexibility index (Phi) is 5.46. The Hall–Kier alpha value is -1.28. The van der Waals surface area contributed by atoms with Gasteiger partial charge >= 0.3 is 0 Å². The summed E-state index contributed by atoms with van der Waals surface area (Å²) in [5.74, 6) is 0. The highest BCUT2D eigenvalue weighted by atomic mass is 32.2. The molecule has 21 heavy (non-hydrogen) atoms. The Balaban J connectivity index is 1.99. The summed E-state index contributed by atoms with van der Waals surface area (Å²) < 4.78 is 27.0. The molecule has 0 saturated carbocycles. The summed E-state index contributed by atoms with van der Waals surface area (Å²) in [7, 11) is -3.46. The number of aromatic nitrogens is 1. The van der Waals surface area contributed by atoms with Crippen LogP contribution in [0.3, 0.4) is 0 Å². The van der Waals surface area contributed by atoms with Crippen molar-refractivity contribution in [2.75, 3.05) is 0 Å². The van der Waals surface area contributed by atoms with Crippen molar-refractivity contribution in [2.24, 2.45) is 0 Å². The van der Waals surface area contributed by atoms with Crippen molar-refractivity contribution < 1.29 is 8.42 Å². The van der Waals surface area contributed by atoms with Crippen LogP contribution in [0.15, 0.2) is 40.9 Å². The first-order chi connectivity index (χ1) is 9.97. The van der Waals surface area contributed by atoms with Crippen LogP contribution in [0.2, 0.25) is 0 Å². The molecule has 0 fully saturated rings. The van der Waals surface area contributed by atoms with Crippen molar-refractivity contribution in [3.63, 3.8) is 0 Å². The predicted octanol–water partition coefficient (Wildman–Crippen LogP) is 2.12. The highest BCUT2D eigenvalue weighted by Gasteiger charge is 2.16. The van der Waals surface area contributed by atoms with Gasteiger partial charge in [-0.3, -0.25) is 4.98 Å². The number of hydrogen-bond donors (Lipinski definition) is 2. The second kappa shape index (κ2) is 7.13. The Morgan fingerprint density at radius 1 is 1.24 bits per heavy atom. The molecule has 0 aliphatic rings. The zero-order valence-electron chi connectivity index (χ0n) is 12.0. The molecule has 2 N–H and O–H groups in total. The first-order valence-electron chi connectivity index (χ1n) is 6.67. The Bertz CT molecular complexity index is 667. The normalized spacial score (nSPS) is 12.0. The van der Waals surface area contributed by atoms with Gasteiger partial charge in [-0.15, -0.1) is 11.3 Å². The summed E-state index contributed by atoms with van der Waals surface area (Å²) >= 11 is 1.45. The lowest BCUT2D eigenvalue weighted by Crippen LogP contribution is -2.23. The molecular formula is C14H19N3O2S2. The first kappa shape index (κ1) is 16.1. The van der Waals surface area contributed by atoms with Gasteiger partial charge in [0, 0.05) is 41.8 Å². The standard InChI is InChI=1S/C14H19N3O2S2/c1-11(2)16-9-13-7-14(10-20-13)21(18,19)17-8-12-3-5-15-6-4-12/h3-7,10-11,16-17H,8-9H2,1-2H3. The molecule has 0 unspecified atom stereocenters. The zero-order chi connectivity index (χ0) is 15.3. The maximum absolute atomic E-state index is 12.2. The van der Waals surface area contributed by atoms with E-state index in [2.05, 4.69) is 28.9 Å². The van der Waals surface area contributed by atoms with Gasteiger partial charge < -0.3 is 5.32 Å². The Morgan fingerprint density at radius 2 is 1.95 bits per heavy atom. The molecule has 0 saturated heterocycles. The van der Waals surface area contributed by atoms with Crippen molar-refractivity contribution >= 4 is 21.4 Å². The molecule has 0 radical (unpaired) electrons. The molecule has 0 spiro atoms. The topological polar surface area (TPSA) is 71.1 Å². The lowest BCUT2D eigenvalue weighted by atomic mass is 10.3. The van der Waals surface area contributed by atoms with E-state index >= 15 is 0 Å². The maximum Gasteiger partial charge on any atom is 0.241 e. The molecule has 114 valence electrons. The minimum absolute atomic E-state index is 0.264. The van der Waals surface area contributed by atoms with Crippen LogP contribution in [0.4, 0.5) is 0 Å². The maximum atomic E-state index is 12.2. The fourth-order valence-corrected chi connectivity index (χ4v) is 3.90. The van der Waals surface area contributed by atoms with Crippen LogP contribution in [0.25, 0.3) is 0 Å². The fraction of sp³-hybridized carbons (Fsp3) is 0.357. The van der Waals surface area contributed by atoms with E-state index in [0.29, 0.717) is 17.5 Å². The molecule has 0 aromatic carbocycles. The summed E-state index contributed by atoms with van der Waals surface area (Å²) in [6.45, 7) is 5.06. The van der Waals surface area contributed by atoms with Crippen LogP contribution >= 0.6 is 11.3 Å². The number of pyridine rings is 1. The monoisotopic (exact) mass is 325 g/mol. The molecule has 0 atom stereocenters. The van der Waals surface area contributed by atoms with Crippen molar-refractivity contribution in [3.05, 3.63) is 46.4 Å². The zero-order valence-corrected chi connectivity index (χ0v) is 13.7. The molecule has 2 aromatic rings. The average molecular weight is 325 g/mol. The Morgan fingerprint density at radius 3 is 2.62 bits per heavy atom. The van der Waals surface area contributed by atoms with Gasteiger partial charge in [-0.05, 0) is 23.8 Å². The lowest BCUT2D eigenvalue weighted by Gasteiger charge is -2.06. The number of hydrogen-bond acceptors (Lipinski definition) is 5. The molecular weight excluding hydrogens is 306 g/mol. The highest BCUT2D eigenvalue weighted by molar-refractivity contribution is 7.89. The van der Waals surface area contributed by atoms with E-state index in [1.54, 1.807) is 36.0 Å². The van der Waals surface area contributed by atoms with Gasteiger partial charge in [0.15, 0.2) is 0 Å². The molecule has 0 aliphatic carbocycles. The van der Waals surface area contributed by atoms with Crippen LogP contribution in [-0.2, 0) is 23.1 Å². The van der Waals surface area contributed by atoms with Crippen molar-refractivity contribution in [2.45, 2.75) is 37.9 Å². The lowest BCUT2D eigenvalue weighted by molar-refractivity contribution is 0.581. The number of nitrogens with one attached hydrogen (secondary N) is 2. The van der Waals surface area contributed by atoms with E-state index < -0.39 is 10.0 Å². The van der Waals surface area contributed by atoms with E-state index in [4.69, 9.17) is 0 Å². The van der Waals surface area contributed by atoms with Gasteiger partial charge in [0.1, 0.15) is 0 Å². The fourth-order valence-electron chi connectivity index (χ4n) is 1.66.